The Morgan fingerprint density at radius 1 is 1.35 bits per heavy atom. The molecule has 3 aromatic heterocycles. The van der Waals surface area contributed by atoms with Crippen LogP contribution in [0, 0.1) is 0 Å². The highest BCUT2D eigenvalue weighted by molar-refractivity contribution is 6.30. The minimum atomic E-state index is -0.681. The first-order chi connectivity index (χ1) is 12.5. The molecule has 0 aliphatic rings. The fraction of sp³-hybridized carbons (Fsp3) is 0.188. The number of rotatable bonds is 4. The molecule has 26 heavy (non-hydrogen) atoms. The predicted molar refractivity (Wildman–Crippen MR) is 96.4 cm³/mol. The van der Waals surface area contributed by atoms with Gasteiger partial charge in [-0.25, -0.2) is 14.5 Å². The summed E-state index contributed by atoms with van der Waals surface area (Å²) in [7, 11) is 1.64. The summed E-state index contributed by atoms with van der Waals surface area (Å²) in [5, 5.41) is 10.9. The number of aryl methyl sites for hydroxylation is 1. The van der Waals surface area contributed by atoms with Crippen LogP contribution in [0.2, 0.25) is 5.15 Å². The average molecular weight is 374 g/mol. The van der Waals surface area contributed by atoms with Crippen molar-refractivity contribution >= 4 is 29.2 Å². The van der Waals surface area contributed by atoms with Gasteiger partial charge in [0.05, 0.1) is 17.6 Å². The normalized spacial score (nSPS) is 11.8. The van der Waals surface area contributed by atoms with Crippen molar-refractivity contribution in [3.05, 3.63) is 47.4 Å². The molecular weight excluding hydrogens is 358 g/mol. The molecular formula is C16H16ClN7O2. The van der Waals surface area contributed by atoms with Crippen LogP contribution in [0.5, 0.6) is 0 Å². The number of aromatic nitrogens is 5. The molecule has 0 saturated heterocycles. The van der Waals surface area contributed by atoms with E-state index in [1.54, 1.807) is 44.4 Å². The third-order valence-electron chi connectivity index (χ3n) is 3.59. The number of carbonyl (C=O) groups is 1. The van der Waals surface area contributed by atoms with Crippen molar-refractivity contribution in [2.24, 2.45) is 7.05 Å². The fourth-order valence-corrected chi connectivity index (χ4v) is 2.54. The van der Waals surface area contributed by atoms with E-state index in [0.29, 0.717) is 28.5 Å². The Balaban J connectivity index is 1.77. The zero-order chi connectivity index (χ0) is 18.7. The highest BCUT2D eigenvalue weighted by Gasteiger charge is 2.20. The van der Waals surface area contributed by atoms with E-state index in [-0.39, 0.29) is 5.15 Å². The van der Waals surface area contributed by atoms with Gasteiger partial charge in [0.15, 0.2) is 11.5 Å². The minimum Gasteiger partial charge on any atom is -0.441 e. The van der Waals surface area contributed by atoms with Crippen molar-refractivity contribution in [2.45, 2.75) is 13.0 Å². The molecule has 0 saturated carbocycles. The number of pyridine rings is 2. The number of halogens is 1. The third-order valence-corrected chi connectivity index (χ3v) is 3.90. The molecule has 3 N–H and O–H groups in total. The smallest absolute Gasteiger partial charge is 0.413 e. The van der Waals surface area contributed by atoms with Crippen molar-refractivity contribution in [2.75, 3.05) is 11.1 Å². The molecule has 0 radical (unpaired) electrons. The second-order valence-corrected chi connectivity index (χ2v) is 5.80. The van der Waals surface area contributed by atoms with Crippen molar-refractivity contribution in [3.8, 4) is 11.4 Å². The molecule has 134 valence electrons. The first kappa shape index (κ1) is 17.6. The third kappa shape index (κ3) is 3.72. The monoisotopic (exact) mass is 373 g/mol. The average Bonchev–Trinajstić information content (AvgIpc) is 2.96. The molecule has 3 rings (SSSR count). The van der Waals surface area contributed by atoms with Gasteiger partial charge in [0, 0.05) is 18.8 Å². The van der Waals surface area contributed by atoms with Crippen LogP contribution in [-0.2, 0) is 11.8 Å². The van der Waals surface area contributed by atoms with Gasteiger partial charge in [-0.3, -0.25) is 10.3 Å². The minimum absolute atomic E-state index is 0.279. The number of nitrogens with two attached hydrogens (primary N) is 1. The van der Waals surface area contributed by atoms with E-state index in [9.17, 15) is 4.79 Å². The number of nitrogen functional groups attached to an aromatic ring is 1. The molecule has 3 aromatic rings. The predicted octanol–water partition coefficient (Wildman–Crippen LogP) is 2.82. The number of amides is 1. The number of nitrogens with one attached hydrogen (secondary N) is 1. The maximum Gasteiger partial charge on any atom is 0.413 e. The Labute approximate surface area is 154 Å². The molecule has 1 unspecified atom stereocenters. The largest absolute Gasteiger partial charge is 0.441 e. The second-order valence-electron chi connectivity index (χ2n) is 5.44. The Morgan fingerprint density at radius 3 is 2.85 bits per heavy atom. The van der Waals surface area contributed by atoms with E-state index in [2.05, 4.69) is 25.6 Å². The van der Waals surface area contributed by atoms with Gasteiger partial charge in [0.25, 0.3) is 0 Å². The van der Waals surface area contributed by atoms with E-state index in [1.807, 2.05) is 0 Å². The van der Waals surface area contributed by atoms with Gasteiger partial charge in [-0.15, -0.1) is 5.10 Å². The van der Waals surface area contributed by atoms with Crippen LogP contribution in [0.4, 0.5) is 16.3 Å². The summed E-state index contributed by atoms with van der Waals surface area (Å²) in [5.41, 5.74) is 7.69. The van der Waals surface area contributed by atoms with Crippen LogP contribution in [0.3, 0.4) is 0 Å². The summed E-state index contributed by atoms with van der Waals surface area (Å²) in [6, 6.07) is 6.83. The van der Waals surface area contributed by atoms with Crippen LogP contribution in [0.15, 0.2) is 36.7 Å². The maximum atomic E-state index is 12.3. The van der Waals surface area contributed by atoms with Crippen LogP contribution >= 0.6 is 11.6 Å². The zero-order valence-electron chi connectivity index (χ0n) is 14.0. The van der Waals surface area contributed by atoms with Gasteiger partial charge in [-0.2, -0.15) is 0 Å². The van der Waals surface area contributed by atoms with E-state index in [4.69, 9.17) is 22.1 Å². The Hall–Kier alpha value is -3.20. The zero-order valence-corrected chi connectivity index (χ0v) is 14.8. The van der Waals surface area contributed by atoms with Crippen molar-refractivity contribution in [3.63, 3.8) is 0 Å². The topological polar surface area (TPSA) is 121 Å². The van der Waals surface area contributed by atoms with Gasteiger partial charge < -0.3 is 10.5 Å². The molecule has 0 fully saturated rings. The molecule has 0 aromatic carbocycles. The first-order valence-corrected chi connectivity index (χ1v) is 8.03. The number of anilines is 2. The lowest BCUT2D eigenvalue weighted by molar-refractivity contribution is 0.121. The van der Waals surface area contributed by atoms with Gasteiger partial charge in [-0.05, 0) is 25.1 Å². The maximum absolute atomic E-state index is 12.3. The summed E-state index contributed by atoms with van der Waals surface area (Å²) < 4.78 is 6.78. The number of hydrogen-bond acceptors (Lipinski definition) is 7. The lowest BCUT2D eigenvalue weighted by Gasteiger charge is -2.15. The van der Waals surface area contributed by atoms with Gasteiger partial charge in [0.1, 0.15) is 11.3 Å². The van der Waals surface area contributed by atoms with E-state index >= 15 is 0 Å². The second kappa shape index (κ2) is 7.36. The molecule has 0 bridgehead atoms. The Morgan fingerprint density at radius 2 is 2.15 bits per heavy atom. The first-order valence-electron chi connectivity index (χ1n) is 7.65. The summed E-state index contributed by atoms with van der Waals surface area (Å²) >= 11 is 6.02. The van der Waals surface area contributed by atoms with Crippen molar-refractivity contribution in [1.29, 1.82) is 0 Å². The number of nitrogens with zero attached hydrogens (tertiary/aromatic N) is 5. The molecule has 0 aliphatic carbocycles. The number of carbonyl (C=O) groups excluding carboxylic acids is 1. The number of hydrogen-bond donors (Lipinski definition) is 2. The number of ether oxygens (including phenoxy) is 1. The van der Waals surface area contributed by atoms with Crippen LogP contribution in [-0.4, -0.2) is 31.1 Å². The van der Waals surface area contributed by atoms with Crippen LogP contribution < -0.4 is 11.1 Å². The van der Waals surface area contributed by atoms with Gasteiger partial charge in [0.2, 0.25) is 0 Å². The molecule has 3 heterocycles. The summed E-state index contributed by atoms with van der Waals surface area (Å²) in [6.07, 6.45) is 1.79. The van der Waals surface area contributed by atoms with E-state index in [0.717, 1.165) is 0 Å². The molecule has 1 amide bonds. The summed E-state index contributed by atoms with van der Waals surface area (Å²) in [5.74, 6) is 0.344. The Kier molecular flexibility index (Phi) is 4.99. The lowest BCUT2D eigenvalue weighted by atomic mass is 10.2. The quantitative estimate of drug-likeness (QED) is 0.674. The summed E-state index contributed by atoms with van der Waals surface area (Å²) in [6.45, 7) is 1.70. The molecule has 9 nitrogen and oxygen atoms in total. The molecule has 0 aliphatic heterocycles. The van der Waals surface area contributed by atoms with E-state index in [1.165, 1.54) is 10.9 Å². The van der Waals surface area contributed by atoms with Gasteiger partial charge in [-0.1, -0.05) is 22.9 Å². The van der Waals surface area contributed by atoms with Crippen LogP contribution in [0.1, 0.15) is 18.6 Å². The lowest BCUT2D eigenvalue weighted by Crippen LogP contribution is -2.18. The molecule has 0 spiro atoms. The van der Waals surface area contributed by atoms with Crippen LogP contribution in [0.25, 0.3) is 11.4 Å². The van der Waals surface area contributed by atoms with Crippen molar-refractivity contribution in [1.82, 2.24) is 25.0 Å². The van der Waals surface area contributed by atoms with Crippen molar-refractivity contribution < 1.29 is 9.53 Å². The highest BCUT2D eigenvalue weighted by Crippen LogP contribution is 2.26. The Bertz CT molecular complexity index is 927. The fourth-order valence-electron chi connectivity index (χ4n) is 2.27. The molecule has 1 atom stereocenters. The summed E-state index contributed by atoms with van der Waals surface area (Å²) in [4.78, 5) is 20.4. The van der Waals surface area contributed by atoms with Gasteiger partial charge >= 0.3 is 6.09 Å². The highest BCUT2D eigenvalue weighted by atomic mass is 35.5. The van der Waals surface area contributed by atoms with E-state index < -0.39 is 12.2 Å². The SMILES string of the molecule is CC(OC(=O)Nc1c(-c2ccc(N)cn2)nnn1C)c1cccnc1Cl. The standard InChI is InChI=1S/C16H16ClN7O2/c1-9(11-4-3-7-19-14(11)17)26-16(25)21-15-13(22-23-24(15)2)12-6-5-10(18)8-20-12/h3-9H,18H2,1-2H3,(H,21,25). The molecule has 10 heteroatoms.